The van der Waals surface area contributed by atoms with Gasteiger partial charge in [-0.25, -0.2) is 15.0 Å². The van der Waals surface area contributed by atoms with Gasteiger partial charge in [-0.2, -0.15) is 0 Å². The van der Waals surface area contributed by atoms with Crippen LogP contribution in [0.5, 0.6) is 0 Å². The Balaban J connectivity index is 1.04. The molecule has 0 atom stereocenters. The van der Waals surface area contributed by atoms with Crippen molar-refractivity contribution in [1.29, 1.82) is 0 Å². The first kappa shape index (κ1) is 31.5. The molecular weight excluding hydrogens is 701 g/mol. The van der Waals surface area contributed by atoms with Crippen molar-refractivity contribution in [2.75, 3.05) is 0 Å². The van der Waals surface area contributed by atoms with Gasteiger partial charge in [0.2, 0.25) is 0 Å². The Morgan fingerprint density at radius 2 is 0.947 bits per heavy atom. The standard InChI is InChI=1S/C51H30N4O2/c1-3-13-31(14-4-1)49-52-50(54-51(53-49)33-25-27-37-36-18-8-10-24-44(36)56-46(37)30-33)32-26-28-45-42(29-32)41-22-12-21-40(48(41)57-45)39-20-11-19-38-35-17-7-9-23-43(35)55(47(38)39)34-15-5-2-6-16-34/h1-30H. The molecule has 6 heteroatoms. The van der Waals surface area contributed by atoms with Gasteiger partial charge in [-0.05, 0) is 54.6 Å². The summed E-state index contributed by atoms with van der Waals surface area (Å²) < 4.78 is 15.4. The van der Waals surface area contributed by atoms with Crippen LogP contribution in [0.3, 0.4) is 0 Å². The Kier molecular flexibility index (Phi) is 6.83. The fraction of sp³-hybridized carbons (Fsp3) is 0. The van der Waals surface area contributed by atoms with Crippen molar-refractivity contribution in [3.63, 3.8) is 0 Å². The van der Waals surface area contributed by atoms with E-state index in [2.05, 4.69) is 120 Å². The maximum atomic E-state index is 6.78. The van der Waals surface area contributed by atoms with Crippen molar-refractivity contribution in [2.45, 2.75) is 0 Å². The summed E-state index contributed by atoms with van der Waals surface area (Å²) in [4.78, 5) is 15.1. The molecule has 0 radical (unpaired) electrons. The molecule has 4 heterocycles. The largest absolute Gasteiger partial charge is 0.456 e. The average molecular weight is 731 g/mol. The molecule has 4 aromatic heterocycles. The van der Waals surface area contributed by atoms with Gasteiger partial charge in [0.25, 0.3) is 0 Å². The molecule has 0 bridgehead atoms. The molecule has 0 spiro atoms. The second-order valence-electron chi connectivity index (χ2n) is 14.4. The third-order valence-electron chi connectivity index (χ3n) is 11.1. The third kappa shape index (κ3) is 4.94. The van der Waals surface area contributed by atoms with Gasteiger partial charge in [0.05, 0.1) is 11.0 Å². The number of fused-ring (bicyclic) bond motifs is 9. The lowest BCUT2D eigenvalue weighted by atomic mass is 9.99. The van der Waals surface area contributed by atoms with Crippen molar-refractivity contribution in [1.82, 2.24) is 19.5 Å². The van der Waals surface area contributed by atoms with Gasteiger partial charge in [-0.1, -0.05) is 127 Å². The highest BCUT2D eigenvalue weighted by molar-refractivity contribution is 6.17. The van der Waals surface area contributed by atoms with Crippen LogP contribution >= 0.6 is 0 Å². The summed E-state index contributed by atoms with van der Waals surface area (Å²) in [5.74, 6) is 1.75. The Labute approximate surface area is 325 Å². The lowest BCUT2D eigenvalue weighted by Gasteiger charge is -2.12. The number of para-hydroxylation sites is 5. The van der Waals surface area contributed by atoms with Gasteiger partial charge < -0.3 is 13.4 Å². The smallest absolute Gasteiger partial charge is 0.164 e. The fourth-order valence-corrected chi connectivity index (χ4v) is 8.45. The molecule has 0 aliphatic carbocycles. The van der Waals surface area contributed by atoms with E-state index in [-0.39, 0.29) is 0 Å². The van der Waals surface area contributed by atoms with Crippen molar-refractivity contribution < 1.29 is 8.83 Å². The van der Waals surface area contributed by atoms with Crippen LogP contribution in [-0.4, -0.2) is 19.5 Å². The molecule has 6 nitrogen and oxygen atoms in total. The van der Waals surface area contributed by atoms with Crippen LogP contribution in [0, 0.1) is 0 Å². The van der Waals surface area contributed by atoms with Gasteiger partial charge in [-0.3, -0.25) is 0 Å². The quantitative estimate of drug-likeness (QED) is 0.176. The van der Waals surface area contributed by atoms with E-state index in [1.165, 1.54) is 10.8 Å². The highest BCUT2D eigenvalue weighted by Gasteiger charge is 2.21. The second-order valence-corrected chi connectivity index (χ2v) is 14.4. The summed E-state index contributed by atoms with van der Waals surface area (Å²) in [5, 5.41) is 6.56. The summed E-state index contributed by atoms with van der Waals surface area (Å²) in [7, 11) is 0. The number of aromatic nitrogens is 4. The zero-order valence-corrected chi connectivity index (χ0v) is 30.4. The Morgan fingerprint density at radius 3 is 1.77 bits per heavy atom. The maximum Gasteiger partial charge on any atom is 0.164 e. The summed E-state index contributed by atoms with van der Waals surface area (Å²) >= 11 is 0. The fourth-order valence-electron chi connectivity index (χ4n) is 8.45. The first-order valence-corrected chi connectivity index (χ1v) is 19.0. The van der Waals surface area contributed by atoms with E-state index < -0.39 is 0 Å². The third-order valence-corrected chi connectivity index (χ3v) is 11.1. The van der Waals surface area contributed by atoms with E-state index in [0.29, 0.717) is 17.5 Å². The molecule has 266 valence electrons. The molecule has 12 rings (SSSR count). The normalized spacial score (nSPS) is 11.9. The minimum atomic E-state index is 0.572. The minimum absolute atomic E-state index is 0.572. The van der Waals surface area contributed by atoms with Crippen molar-refractivity contribution in [3.05, 3.63) is 182 Å². The highest BCUT2D eigenvalue weighted by atomic mass is 16.3. The lowest BCUT2D eigenvalue weighted by Crippen LogP contribution is -2.00. The molecule has 0 aliphatic rings. The van der Waals surface area contributed by atoms with Gasteiger partial charge in [0.1, 0.15) is 22.3 Å². The molecular formula is C51H30N4O2. The van der Waals surface area contributed by atoms with Gasteiger partial charge in [0.15, 0.2) is 17.5 Å². The Morgan fingerprint density at radius 1 is 0.351 bits per heavy atom. The SMILES string of the molecule is c1ccc(-c2nc(-c3ccc4c(c3)oc3ccccc34)nc(-c3ccc4oc5c(-c6cccc7c8ccccc8n(-c8ccccc8)c67)cccc5c4c3)n2)cc1. The Bertz CT molecular complexity index is 3530. The molecule has 0 N–H and O–H groups in total. The summed E-state index contributed by atoms with van der Waals surface area (Å²) in [5.41, 5.74) is 11.5. The van der Waals surface area contributed by atoms with E-state index in [9.17, 15) is 0 Å². The molecule has 12 aromatic rings. The first-order chi connectivity index (χ1) is 28.2. The van der Waals surface area contributed by atoms with Gasteiger partial charge >= 0.3 is 0 Å². The zero-order valence-electron chi connectivity index (χ0n) is 30.4. The molecule has 0 unspecified atom stereocenters. The van der Waals surface area contributed by atoms with Gasteiger partial charge in [0, 0.05) is 65.8 Å². The van der Waals surface area contributed by atoms with Crippen LogP contribution in [0.2, 0.25) is 0 Å². The second kappa shape index (κ2) is 12.3. The van der Waals surface area contributed by atoms with E-state index in [1.807, 2.05) is 66.7 Å². The number of furan rings is 2. The number of rotatable bonds is 5. The van der Waals surface area contributed by atoms with Crippen LogP contribution < -0.4 is 0 Å². The summed E-state index contributed by atoms with van der Waals surface area (Å²) in [6.45, 7) is 0. The van der Waals surface area contributed by atoms with E-state index >= 15 is 0 Å². The van der Waals surface area contributed by atoms with E-state index in [0.717, 1.165) is 88.4 Å². The van der Waals surface area contributed by atoms with Crippen LogP contribution in [0.25, 0.3) is 117 Å². The minimum Gasteiger partial charge on any atom is -0.456 e. The molecule has 0 fully saturated rings. The molecule has 0 saturated heterocycles. The molecule has 57 heavy (non-hydrogen) atoms. The number of nitrogens with zero attached hydrogens (tertiary/aromatic N) is 4. The molecule has 0 aliphatic heterocycles. The van der Waals surface area contributed by atoms with E-state index in [1.54, 1.807) is 0 Å². The van der Waals surface area contributed by atoms with Crippen LogP contribution in [0.15, 0.2) is 191 Å². The molecule has 8 aromatic carbocycles. The topological polar surface area (TPSA) is 69.9 Å². The molecule has 0 saturated carbocycles. The highest BCUT2D eigenvalue weighted by Crippen LogP contribution is 2.43. The van der Waals surface area contributed by atoms with Crippen LogP contribution in [0.1, 0.15) is 0 Å². The predicted molar refractivity (Wildman–Crippen MR) is 230 cm³/mol. The number of hydrogen-bond donors (Lipinski definition) is 0. The summed E-state index contributed by atoms with van der Waals surface area (Å²) in [6, 6.07) is 62.7. The van der Waals surface area contributed by atoms with Crippen molar-refractivity contribution in [2.24, 2.45) is 0 Å². The number of hydrogen-bond acceptors (Lipinski definition) is 5. The maximum absolute atomic E-state index is 6.78. The van der Waals surface area contributed by atoms with Gasteiger partial charge in [-0.15, -0.1) is 0 Å². The number of benzene rings is 8. The first-order valence-electron chi connectivity index (χ1n) is 19.0. The van der Waals surface area contributed by atoms with Crippen LogP contribution in [-0.2, 0) is 0 Å². The molecule has 0 amide bonds. The predicted octanol–water partition coefficient (Wildman–Crippen LogP) is 13.4. The summed E-state index contributed by atoms with van der Waals surface area (Å²) in [6.07, 6.45) is 0. The zero-order chi connectivity index (χ0) is 37.5. The van der Waals surface area contributed by atoms with Crippen molar-refractivity contribution >= 4 is 65.7 Å². The monoisotopic (exact) mass is 730 g/mol. The Hall–Kier alpha value is -7.83. The van der Waals surface area contributed by atoms with Crippen molar-refractivity contribution in [3.8, 4) is 51.0 Å². The lowest BCUT2D eigenvalue weighted by molar-refractivity contribution is 0.669. The van der Waals surface area contributed by atoms with Crippen LogP contribution in [0.4, 0.5) is 0 Å². The average Bonchev–Trinajstić information content (AvgIpc) is 3.96. The van der Waals surface area contributed by atoms with E-state index in [4.69, 9.17) is 23.8 Å².